The number of aryl methyl sites for hydroxylation is 1. The number of hydrogen-bond acceptors (Lipinski definition) is 5. The lowest BCUT2D eigenvalue weighted by Crippen LogP contribution is -2.14. The molecule has 3 rings (SSSR count). The second-order valence-electron chi connectivity index (χ2n) is 4.55. The number of rotatable bonds is 3. The van der Waals surface area contributed by atoms with Gasteiger partial charge in [-0.15, -0.1) is 0 Å². The number of nitriles is 1. The van der Waals surface area contributed by atoms with Crippen molar-refractivity contribution in [3.8, 4) is 6.07 Å². The third-order valence-electron chi connectivity index (χ3n) is 3.03. The minimum absolute atomic E-state index is 0.0377. The first kappa shape index (κ1) is 13.5. The van der Waals surface area contributed by atoms with Crippen LogP contribution in [-0.4, -0.2) is 9.55 Å². The molecule has 6 heteroatoms. The van der Waals surface area contributed by atoms with Crippen LogP contribution in [0, 0.1) is 11.3 Å². The molecule has 0 amide bonds. The Labute approximate surface area is 124 Å². The molecule has 1 aromatic carbocycles. The summed E-state index contributed by atoms with van der Waals surface area (Å²) in [6, 6.07) is 10.7. The van der Waals surface area contributed by atoms with Crippen LogP contribution >= 0.6 is 11.8 Å². The number of pyridine rings is 1. The van der Waals surface area contributed by atoms with Gasteiger partial charge in [-0.1, -0.05) is 11.8 Å². The molecular weight excluding hydrogens is 286 g/mol. The summed E-state index contributed by atoms with van der Waals surface area (Å²) < 4.78 is 7.13. The minimum atomic E-state index is -0.0377. The van der Waals surface area contributed by atoms with Gasteiger partial charge in [-0.2, -0.15) is 5.26 Å². The van der Waals surface area contributed by atoms with Crippen LogP contribution < -0.4 is 5.56 Å². The van der Waals surface area contributed by atoms with Crippen LogP contribution in [-0.2, 0) is 12.8 Å². The van der Waals surface area contributed by atoms with Crippen LogP contribution in [0.15, 0.2) is 51.0 Å². The largest absolute Gasteiger partial charge is 0.431 e. The van der Waals surface area contributed by atoms with Crippen LogP contribution in [0.3, 0.4) is 0 Å². The van der Waals surface area contributed by atoms with Gasteiger partial charge in [0.05, 0.1) is 11.6 Å². The maximum Gasteiger partial charge on any atom is 0.257 e. The first-order valence-corrected chi connectivity index (χ1v) is 7.23. The maximum absolute atomic E-state index is 11.5. The molecule has 0 atom stereocenters. The van der Waals surface area contributed by atoms with E-state index in [-0.39, 0.29) is 5.56 Å². The summed E-state index contributed by atoms with van der Waals surface area (Å²) in [7, 11) is 1.72. The Morgan fingerprint density at radius 3 is 3.00 bits per heavy atom. The normalized spacial score (nSPS) is 10.7. The van der Waals surface area contributed by atoms with Crippen molar-refractivity contribution in [2.24, 2.45) is 7.05 Å². The highest BCUT2D eigenvalue weighted by atomic mass is 32.2. The van der Waals surface area contributed by atoms with Gasteiger partial charge in [0.15, 0.2) is 5.58 Å². The summed E-state index contributed by atoms with van der Waals surface area (Å²) >= 11 is 1.42. The predicted molar refractivity (Wildman–Crippen MR) is 80.0 cm³/mol. The van der Waals surface area contributed by atoms with Crippen molar-refractivity contribution in [3.63, 3.8) is 0 Å². The molecule has 2 heterocycles. The quantitative estimate of drug-likeness (QED) is 0.695. The summed E-state index contributed by atoms with van der Waals surface area (Å²) in [5.41, 5.74) is 2.75. The van der Waals surface area contributed by atoms with Crippen LogP contribution in [0.1, 0.15) is 11.1 Å². The second kappa shape index (κ2) is 5.46. The number of benzene rings is 1. The molecule has 0 saturated carbocycles. The molecule has 0 aliphatic carbocycles. The first-order valence-electron chi connectivity index (χ1n) is 6.25. The van der Waals surface area contributed by atoms with E-state index in [1.165, 1.54) is 16.3 Å². The van der Waals surface area contributed by atoms with Crippen molar-refractivity contribution < 1.29 is 4.42 Å². The van der Waals surface area contributed by atoms with E-state index in [1.54, 1.807) is 37.5 Å². The van der Waals surface area contributed by atoms with Gasteiger partial charge >= 0.3 is 0 Å². The summed E-state index contributed by atoms with van der Waals surface area (Å²) in [6.45, 7) is 0. The number of hydrogen-bond donors (Lipinski definition) is 0. The minimum Gasteiger partial charge on any atom is -0.431 e. The lowest BCUT2D eigenvalue weighted by Gasteiger charge is -2.00. The van der Waals surface area contributed by atoms with Gasteiger partial charge < -0.3 is 8.98 Å². The SMILES string of the molecule is Cn1ccc(CSc2nc3ccc(C#N)cc3o2)cc1=O. The van der Waals surface area contributed by atoms with E-state index in [0.29, 0.717) is 22.1 Å². The molecule has 104 valence electrons. The highest BCUT2D eigenvalue weighted by Crippen LogP contribution is 2.26. The molecular formula is C15H11N3O2S. The van der Waals surface area contributed by atoms with E-state index in [2.05, 4.69) is 11.1 Å². The Kier molecular flexibility index (Phi) is 3.50. The van der Waals surface area contributed by atoms with Crippen molar-refractivity contribution in [3.05, 3.63) is 58.0 Å². The zero-order valence-corrected chi connectivity index (χ0v) is 12.1. The van der Waals surface area contributed by atoms with E-state index >= 15 is 0 Å². The van der Waals surface area contributed by atoms with Crippen LogP contribution in [0.25, 0.3) is 11.1 Å². The molecule has 0 unspecified atom stereocenters. The van der Waals surface area contributed by atoms with Crippen molar-refractivity contribution >= 4 is 22.9 Å². The lowest BCUT2D eigenvalue weighted by atomic mass is 10.2. The molecule has 0 radical (unpaired) electrons. The Hall–Kier alpha value is -2.52. The molecule has 0 aliphatic rings. The van der Waals surface area contributed by atoms with Gasteiger partial charge in [-0.25, -0.2) is 4.98 Å². The van der Waals surface area contributed by atoms with Crippen molar-refractivity contribution in [1.82, 2.24) is 9.55 Å². The first-order chi connectivity index (χ1) is 10.2. The number of nitrogens with zero attached hydrogens (tertiary/aromatic N) is 3. The molecule has 0 saturated heterocycles. The van der Waals surface area contributed by atoms with Gasteiger partial charge in [0.25, 0.3) is 10.8 Å². The Bertz CT molecular complexity index is 905. The van der Waals surface area contributed by atoms with Crippen molar-refractivity contribution in [2.75, 3.05) is 0 Å². The zero-order valence-electron chi connectivity index (χ0n) is 11.2. The molecule has 0 aliphatic heterocycles. The van der Waals surface area contributed by atoms with Gasteiger partial charge in [0.2, 0.25) is 0 Å². The maximum atomic E-state index is 11.5. The van der Waals surface area contributed by atoms with Gasteiger partial charge in [-0.3, -0.25) is 4.79 Å². The second-order valence-corrected chi connectivity index (χ2v) is 5.47. The molecule has 0 N–H and O–H groups in total. The third kappa shape index (κ3) is 2.83. The van der Waals surface area contributed by atoms with Crippen LogP contribution in [0.2, 0.25) is 0 Å². The van der Waals surface area contributed by atoms with Gasteiger partial charge in [-0.05, 0) is 23.8 Å². The van der Waals surface area contributed by atoms with Crippen LogP contribution in [0.5, 0.6) is 0 Å². The predicted octanol–water partition coefficient (Wildman–Crippen LogP) is 2.69. The molecule has 3 aromatic rings. The number of fused-ring (bicyclic) bond motifs is 1. The fourth-order valence-electron chi connectivity index (χ4n) is 1.86. The van der Waals surface area contributed by atoms with E-state index in [0.717, 1.165) is 11.1 Å². The summed E-state index contributed by atoms with van der Waals surface area (Å²) in [5.74, 6) is 0.605. The number of aromatic nitrogens is 2. The monoisotopic (exact) mass is 297 g/mol. The van der Waals surface area contributed by atoms with Gasteiger partial charge in [0, 0.05) is 31.1 Å². The molecule has 2 aromatic heterocycles. The van der Waals surface area contributed by atoms with Crippen molar-refractivity contribution in [2.45, 2.75) is 11.0 Å². The van der Waals surface area contributed by atoms with E-state index in [4.69, 9.17) is 9.68 Å². The summed E-state index contributed by atoms with van der Waals surface area (Å²) in [4.78, 5) is 15.9. The van der Waals surface area contributed by atoms with E-state index < -0.39 is 0 Å². The standard InChI is InChI=1S/C15H11N3O2S/c1-18-5-4-11(7-14(18)19)9-21-15-17-12-3-2-10(8-16)6-13(12)20-15/h2-7H,9H2,1H3. The van der Waals surface area contributed by atoms with Crippen molar-refractivity contribution in [1.29, 1.82) is 5.26 Å². The Morgan fingerprint density at radius 1 is 1.38 bits per heavy atom. The zero-order chi connectivity index (χ0) is 14.8. The van der Waals surface area contributed by atoms with Crippen LogP contribution in [0.4, 0.5) is 0 Å². The summed E-state index contributed by atoms with van der Waals surface area (Å²) in [5, 5.41) is 9.38. The molecule has 21 heavy (non-hydrogen) atoms. The average Bonchev–Trinajstić information content (AvgIpc) is 2.90. The highest BCUT2D eigenvalue weighted by molar-refractivity contribution is 7.98. The van der Waals surface area contributed by atoms with Gasteiger partial charge in [0.1, 0.15) is 5.52 Å². The Morgan fingerprint density at radius 2 is 2.24 bits per heavy atom. The number of thioether (sulfide) groups is 1. The molecule has 0 spiro atoms. The average molecular weight is 297 g/mol. The number of oxazole rings is 1. The fourth-order valence-corrected chi connectivity index (χ4v) is 2.64. The topological polar surface area (TPSA) is 71.8 Å². The molecule has 0 bridgehead atoms. The van der Waals surface area contributed by atoms with E-state index in [1.807, 2.05) is 6.07 Å². The molecule has 5 nitrogen and oxygen atoms in total. The Balaban J connectivity index is 1.80. The lowest BCUT2D eigenvalue weighted by molar-refractivity contribution is 0.489. The highest BCUT2D eigenvalue weighted by Gasteiger charge is 2.08. The smallest absolute Gasteiger partial charge is 0.257 e. The summed E-state index contributed by atoms with van der Waals surface area (Å²) in [6.07, 6.45) is 1.74. The molecule has 0 fully saturated rings. The fraction of sp³-hybridized carbons (Fsp3) is 0.133. The third-order valence-corrected chi connectivity index (χ3v) is 3.93. The van der Waals surface area contributed by atoms with E-state index in [9.17, 15) is 4.79 Å².